The van der Waals surface area contributed by atoms with E-state index < -0.39 is 0 Å². The summed E-state index contributed by atoms with van der Waals surface area (Å²) in [5.74, 6) is 1.56. The number of nitrogens with zero attached hydrogens (tertiary/aromatic N) is 2. The lowest BCUT2D eigenvalue weighted by Gasteiger charge is -2.38. The van der Waals surface area contributed by atoms with Gasteiger partial charge in [0.15, 0.2) is 0 Å². The highest BCUT2D eigenvalue weighted by molar-refractivity contribution is 5.78. The van der Waals surface area contributed by atoms with Crippen LogP contribution in [0.1, 0.15) is 34.1 Å². The molecule has 110 valence electrons. The average Bonchev–Trinajstić information content (AvgIpc) is 2.25. The average molecular weight is 268 g/mol. The fourth-order valence-electron chi connectivity index (χ4n) is 3.57. The number of hydrogen-bond acceptors (Lipinski definition) is 3. The van der Waals surface area contributed by atoms with Gasteiger partial charge in [0.05, 0.1) is 18.8 Å². The molecule has 2 saturated heterocycles. The van der Waals surface area contributed by atoms with Gasteiger partial charge in [-0.3, -0.25) is 9.69 Å². The normalized spacial score (nSPS) is 37.4. The minimum absolute atomic E-state index is 0.232. The maximum Gasteiger partial charge on any atom is 0.236 e. The van der Waals surface area contributed by atoms with Gasteiger partial charge < -0.3 is 9.64 Å². The van der Waals surface area contributed by atoms with Gasteiger partial charge in [0.1, 0.15) is 0 Å². The Morgan fingerprint density at radius 1 is 1.00 bits per heavy atom. The van der Waals surface area contributed by atoms with Crippen LogP contribution in [0.25, 0.3) is 0 Å². The number of piperidine rings is 1. The summed E-state index contributed by atoms with van der Waals surface area (Å²) in [5, 5.41) is 0. The zero-order chi connectivity index (χ0) is 14.0. The van der Waals surface area contributed by atoms with Gasteiger partial charge in [0.2, 0.25) is 5.91 Å². The Hall–Kier alpha value is -0.610. The highest BCUT2D eigenvalue weighted by Crippen LogP contribution is 2.21. The molecule has 4 unspecified atom stereocenters. The van der Waals surface area contributed by atoms with Crippen LogP contribution in [0.5, 0.6) is 0 Å². The largest absolute Gasteiger partial charge is 0.373 e. The van der Waals surface area contributed by atoms with Crippen molar-refractivity contribution in [2.75, 3.05) is 32.7 Å². The molecule has 4 nitrogen and oxygen atoms in total. The van der Waals surface area contributed by atoms with Gasteiger partial charge in [0, 0.05) is 26.2 Å². The number of ether oxygens (including phenoxy) is 1. The molecule has 1 amide bonds. The SMILES string of the molecule is CC1CC(C)CN(C(=O)CN2CC(C)OC(C)C2)C1. The summed E-state index contributed by atoms with van der Waals surface area (Å²) < 4.78 is 5.71. The first-order valence-electron chi connectivity index (χ1n) is 7.59. The number of carbonyl (C=O) groups excluding carboxylic acids is 1. The number of likely N-dealkylation sites (tertiary alicyclic amines) is 1. The van der Waals surface area contributed by atoms with E-state index in [2.05, 4.69) is 37.5 Å². The van der Waals surface area contributed by atoms with Crippen LogP contribution in [0.4, 0.5) is 0 Å². The predicted octanol–water partition coefficient (Wildman–Crippen LogP) is 1.60. The molecule has 19 heavy (non-hydrogen) atoms. The molecule has 2 heterocycles. The predicted molar refractivity (Wildman–Crippen MR) is 76.0 cm³/mol. The Morgan fingerprint density at radius 2 is 1.53 bits per heavy atom. The van der Waals surface area contributed by atoms with E-state index in [9.17, 15) is 4.79 Å². The first-order chi connectivity index (χ1) is 8.94. The lowest BCUT2D eigenvalue weighted by Crippen LogP contribution is -2.51. The third kappa shape index (κ3) is 4.18. The zero-order valence-electron chi connectivity index (χ0n) is 12.8. The molecule has 0 radical (unpaired) electrons. The van der Waals surface area contributed by atoms with E-state index in [4.69, 9.17) is 4.74 Å². The summed E-state index contributed by atoms with van der Waals surface area (Å²) in [6.45, 7) is 12.8. The molecule has 2 aliphatic rings. The van der Waals surface area contributed by atoms with Crippen molar-refractivity contribution in [3.8, 4) is 0 Å². The lowest BCUT2D eigenvalue weighted by atomic mass is 9.92. The minimum atomic E-state index is 0.232. The molecule has 0 aromatic rings. The van der Waals surface area contributed by atoms with Gasteiger partial charge in [-0.25, -0.2) is 0 Å². The fraction of sp³-hybridized carbons (Fsp3) is 0.933. The minimum Gasteiger partial charge on any atom is -0.373 e. The van der Waals surface area contributed by atoms with Crippen LogP contribution in [-0.4, -0.2) is 60.6 Å². The zero-order valence-corrected chi connectivity index (χ0v) is 12.8. The molecule has 0 aromatic carbocycles. The van der Waals surface area contributed by atoms with Crippen LogP contribution in [-0.2, 0) is 9.53 Å². The van der Waals surface area contributed by atoms with Crippen molar-refractivity contribution in [1.82, 2.24) is 9.80 Å². The summed E-state index contributed by atoms with van der Waals surface area (Å²) in [6, 6.07) is 0. The summed E-state index contributed by atoms with van der Waals surface area (Å²) >= 11 is 0. The van der Waals surface area contributed by atoms with Crippen LogP contribution < -0.4 is 0 Å². The summed E-state index contributed by atoms with van der Waals surface area (Å²) in [4.78, 5) is 16.7. The van der Waals surface area contributed by atoms with Crippen molar-refractivity contribution in [2.45, 2.75) is 46.3 Å². The maximum absolute atomic E-state index is 12.4. The highest BCUT2D eigenvalue weighted by atomic mass is 16.5. The van der Waals surface area contributed by atoms with Gasteiger partial charge in [-0.1, -0.05) is 13.8 Å². The molecular formula is C15H28N2O2. The standard InChI is InChI=1S/C15H28N2O2/c1-11-5-12(2)7-17(6-11)15(18)10-16-8-13(3)19-14(4)9-16/h11-14H,5-10H2,1-4H3. The number of amides is 1. The number of carbonyl (C=O) groups is 1. The Bertz CT molecular complexity index is 301. The molecule has 4 atom stereocenters. The second-order valence-corrected chi connectivity index (χ2v) is 6.70. The van der Waals surface area contributed by atoms with Crippen molar-refractivity contribution in [3.05, 3.63) is 0 Å². The molecular weight excluding hydrogens is 240 g/mol. The lowest BCUT2D eigenvalue weighted by molar-refractivity contribution is -0.138. The van der Waals surface area contributed by atoms with Crippen molar-refractivity contribution in [1.29, 1.82) is 0 Å². The first kappa shape index (κ1) is 14.8. The number of rotatable bonds is 2. The van der Waals surface area contributed by atoms with Crippen molar-refractivity contribution in [3.63, 3.8) is 0 Å². The Balaban J connectivity index is 1.86. The smallest absolute Gasteiger partial charge is 0.236 e. The van der Waals surface area contributed by atoms with Crippen molar-refractivity contribution >= 4 is 5.91 Å². The maximum atomic E-state index is 12.4. The van der Waals surface area contributed by atoms with E-state index in [-0.39, 0.29) is 12.2 Å². The quantitative estimate of drug-likeness (QED) is 0.762. The molecule has 0 N–H and O–H groups in total. The Labute approximate surface area is 117 Å². The molecule has 2 fully saturated rings. The van der Waals surface area contributed by atoms with Crippen LogP contribution in [0.2, 0.25) is 0 Å². The molecule has 0 aromatic heterocycles. The fourth-order valence-corrected chi connectivity index (χ4v) is 3.57. The van der Waals surface area contributed by atoms with Crippen molar-refractivity contribution < 1.29 is 9.53 Å². The molecule has 0 saturated carbocycles. The van der Waals surface area contributed by atoms with E-state index in [0.29, 0.717) is 24.3 Å². The van der Waals surface area contributed by atoms with Gasteiger partial charge in [0.25, 0.3) is 0 Å². The Kier molecular flexibility index (Phi) is 4.85. The van der Waals surface area contributed by atoms with Crippen molar-refractivity contribution in [2.24, 2.45) is 11.8 Å². The van der Waals surface area contributed by atoms with Gasteiger partial charge >= 0.3 is 0 Å². The molecule has 0 aliphatic carbocycles. The van der Waals surface area contributed by atoms with Crippen LogP contribution in [0.15, 0.2) is 0 Å². The van der Waals surface area contributed by atoms with E-state index in [1.807, 2.05) is 0 Å². The number of hydrogen-bond donors (Lipinski definition) is 0. The number of morpholine rings is 1. The topological polar surface area (TPSA) is 32.8 Å². The van der Waals surface area contributed by atoms with Gasteiger partial charge in [-0.05, 0) is 32.1 Å². The van der Waals surface area contributed by atoms with Crippen LogP contribution >= 0.6 is 0 Å². The first-order valence-corrected chi connectivity index (χ1v) is 7.59. The second-order valence-electron chi connectivity index (χ2n) is 6.70. The third-order valence-corrected chi connectivity index (χ3v) is 4.08. The van der Waals surface area contributed by atoms with Gasteiger partial charge in [-0.15, -0.1) is 0 Å². The van der Waals surface area contributed by atoms with Gasteiger partial charge in [-0.2, -0.15) is 0 Å². The molecule has 2 aliphatic heterocycles. The molecule has 4 heteroatoms. The van der Waals surface area contributed by atoms with E-state index >= 15 is 0 Å². The van der Waals surface area contributed by atoms with Crippen LogP contribution in [0, 0.1) is 11.8 Å². The van der Waals surface area contributed by atoms with Crippen LogP contribution in [0.3, 0.4) is 0 Å². The van der Waals surface area contributed by atoms with E-state index in [1.165, 1.54) is 6.42 Å². The highest BCUT2D eigenvalue weighted by Gasteiger charge is 2.29. The third-order valence-electron chi connectivity index (χ3n) is 4.08. The molecule has 2 rings (SSSR count). The summed E-state index contributed by atoms with van der Waals surface area (Å²) in [5.41, 5.74) is 0. The second kappa shape index (κ2) is 6.23. The monoisotopic (exact) mass is 268 g/mol. The summed E-state index contributed by atoms with van der Waals surface area (Å²) in [6.07, 6.45) is 1.71. The molecule has 0 spiro atoms. The molecule has 0 bridgehead atoms. The summed E-state index contributed by atoms with van der Waals surface area (Å²) in [7, 11) is 0. The van der Waals surface area contributed by atoms with E-state index in [0.717, 1.165) is 26.2 Å². The Morgan fingerprint density at radius 3 is 2.05 bits per heavy atom. The van der Waals surface area contributed by atoms with E-state index in [1.54, 1.807) is 0 Å².